The SMILES string of the molecule is CCCCCOC(C)CCC/C=C/c1ccc(-c2cnc(=O)[nH]c2)c(F)c1F. The summed E-state index contributed by atoms with van der Waals surface area (Å²) < 4.78 is 34.4. The predicted molar refractivity (Wildman–Crippen MR) is 108 cm³/mol. The summed E-state index contributed by atoms with van der Waals surface area (Å²) in [6.45, 7) is 5.03. The van der Waals surface area contributed by atoms with Crippen molar-refractivity contribution in [2.24, 2.45) is 0 Å². The number of aromatic amines is 1. The van der Waals surface area contributed by atoms with Gasteiger partial charge in [0.05, 0.1) is 6.10 Å². The van der Waals surface area contributed by atoms with Gasteiger partial charge in [0.25, 0.3) is 0 Å². The van der Waals surface area contributed by atoms with Crippen LogP contribution in [-0.4, -0.2) is 22.7 Å². The maximum absolute atomic E-state index is 14.4. The summed E-state index contributed by atoms with van der Waals surface area (Å²) in [6.07, 6.45) is 12.3. The van der Waals surface area contributed by atoms with Gasteiger partial charge < -0.3 is 9.72 Å². The zero-order valence-corrected chi connectivity index (χ0v) is 16.5. The first-order chi connectivity index (χ1) is 13.5. The fourth-order valence-electron chi connectivity index (χ4n) is 2.86. The topological polar surface area (TPSA) is 55.0 Å². The number of H-pyrrole nitrogens is 1. The van der Waals surface area contributed by atoms with Crippen LogP contribution in [0.5, 0.6) is 0 Å². The minimum absolute atomic E-state index is 0.0625. The van der Waals surface area contributed by atoms with Gasteiger partial charge in [0.15, 0.2) is 11.6 Å². The van der Waals surface area contributed by atoms with Gasteiger partial charge in [-0.2, -0.15) is 0 Å². The van der Waals surface area contributed by atoms with E-state index in [4.69, 9.17) is 4.74 Å². The highest BCUT2D eigenvalue weighted by molar-refractivity contribution is 5.65. The maximum atomic E-state index is 14.4. The molecule has 0 bridgehead atoms. The number of nitrogens with zero attached hydrogens (tertiary/aromatic N) is 1. The summed E-state index contributed by atoms with van der Waals surface area (Å²) in [6, 6.07) is 3.01. The second-order valence-electron chi connectivity index (χ2n) is 6.86. The van der Waals surface area contributed by atoms with Crippen LogP contribution in [0.4, 0.5) is 8.78 Å². The van der Waals surface area contributed by atoms with Gasteiger partial charge in [-0.15, -0.1) is 0 Å². The maximum Gasteiger partial charge on any atom is 0.344 e. The molecule has 0 fully saturated rings. The Labute approximate surface area is 164 Å². The average Bonchev–Trinajstić information content (AvgIpc) is 2.69. The molecule has 0 saturated carbocycles. The summed E-state index contributed by atoms with van der Waals surface area (Å²) in [7, 11) is 0. The first-order valence-electron chi connectivity index (χ1n) is 9.84. The van der Waals surface area contributed by atoms with Gasteiger partial charge in [-0.3, -0.25) is 0 Å². The molecule has 1 N–H and O–H groups in total. The summed E-state index contributed by atoms with van der Waals surface area (Å²) >= 11 is 0. The lowest BCUT2D eigenvalue weighted by atomic mass is 10.0. The van der Waals surface area contributed by atoms with Crippen molar-refractivity contribution in [3.05, 3.63) is 58.3 Å². The third-order valence-corrected chi connectivity index (χ3v) is 4.52. The van der Waals surface area contributed by atoms with Crippen LogP contribution in [0.1, 0.15) is 57.9 Å². The Balaban J connectivity index is 1.86. The fourth-order valence-corrected chi connectivity index (χ4v) is 2.86. The van der Waals surface area contributed by atoms with Crippen LogP contribution in [-0.2, 0) is 4.74 Å². The number of unbranched alkanes of at least 4 members (excludes halogenated alkanes) is 3. The minimum atomic E-state index is -0.954. The highest BCUT2D eigenvalue weighted by Gasteiger charge is 2.13. The highest BCUT2D eigenvalue weighted by Crippen LogP contribution is 2.25. The molecule has 0 saturated heterocycles. The van der Waals surface area contributed by atoms with E-state index in [1.54, 1.807) is 6.08 Å². The van der Waals surface area contributed by atoms with Gasteiger partial charge in [0.1, 0.15) is 0 Å². The van der Waals surface area contributed by atoms with Crippen LogP contribution < -0.4 is 5.69 Å². The molecule has 0 aliphatic heterocycles. The van der Waals surface area contributed by atoms with Gasteiger partial charge in [-0.05, 0) is 32.6 Å². The van der Waals surface area contributed by atoms with E-state index in [1.807, 2.05) is 6.08 Å². The second kappa shape index (κ2) is 11.5. The number of benzene rings is 1. The van der Waals surface area contributed by atoms with Gasteiger partial charge in [-0.25, -0.2) is 18.6 Å². The van der Waals surface area contributed by atoms with Crippen LogP contribution in [0.25, 0.3) is 17.2 Å². The molecule has 152 valence electrons. The monoisotopic (exact) mass is 390 g/mol. The molecule has 0 spiro atoms. The quantitative estimate of drug-likeness (QED) is 0.516. The molecule has 0 aliphatic rings. The molecular weight excluding hydrogens is 362 g/mol. The Morgan fingerprint density at radius 1 is 1.21 bits per heavy atom. The van der Waals surface area contributed by atoms with E-state index in [2.05, 4.69) is 23.8 Å². The minimum Gasteiger partial charge on any atom is -0.379 e. The van der Waals surface area contributed by atoms with Crippen molar-refractivity contribution in [2.45, 2.75) is 58.5 Å². The van der Waals surface area contributed by atoms with Crippen molar-refractivity contribution in [1.29, 1.82) is 0 Å². The normalized spacial score (nSPS) is 12.6. The molecule has 2 aromatic rings. The summed E-state index contributed by atoms with van der Waals surface area (Å²) in [5, 5.41) is 0. The van der Waals surface area contributed by atoms with Gasteiger partial charge in [0, 0.05) is 35.7 Å². The molecule has 1 aromatic carbocycles. The van der Waals surface area contributed by atoms with Crippen LogP contribution >= 0.6 is 0 Å². The average molecular weight is 390 g/mol. The van der Waals surface area contributed by atoms with Crippen LogP contribution in [0.3, 0.4) is 0 Å². The third-order valence-electron chi connectivity index (χ3n) is 4.52. The number of aromatic nitrogens is 2. The number of nitrogens with one attached hydrogen (secondary N) is 1. The lowest BCUT2D eigenvalue weighted by Crippen LogP contribution is -2.08. The molecule has 1 unspecified atom stereocenters. The third kappa shape index (κ3) is 6.68. The smallest absolute Gasteiger partial charge is 0.344 e. The molecular formula is C22H28F2N2O2. The van der Waals surface area contributed by atoms with Gasteiger partial charge in [0.2, 0.25) is 0 Å². The number of halogens is 2. The van der Waals surface area contributed by atoms with Crippen molar-refractivity contribution in [2.75, 3.05) is 6.61 Å². The van der Waals surface area contributed by atoms with E-state index in [0.717, 1.165) is 32.3 Å². The Kier molecular flexibility index (Phi) is 9.01. The molecule has 0 amide bonds. The Bertz CT molecular complexity index is 813. The Morgan fingerprint density at radius 3 is 2.75 bits per heavy atom. The number of allylic oxidation sites excluding steroid dienone is 1. The van der Waals surface area contributed by atoms with Crippen LogP contribution in [0.15, 0.2) is 35.4 Å². The predicted octanol–water partition coefficient (Wildman–Crippen LogP) is 5.49. The van der Waals surface area contributed by atoms with E-state index < -0.39 is 17.3 Å². The number of ether oxygens (including phenoxy) is 1. The molecule has 28 heavy (non-hydrogen) atoms. The molecule has 6 heteroatoms. The fraction of sp³-hybridized carbons (Fsp3) is 0.455. The van der Waals surface area contributed by atoms with E-state index in [9.17, 15) is 13.6 Å². The molecule has 1 aromatic heterocycles. The van der Waals surface area contributed by atoms with Crippen molar-refractivity contribution in [3.63, 3.8) is 0 Å². The molecule has 1 heterocycles. The molecule has 4 nitrogen and oxygen atoms in total. The van der Waals surface area contributed by atoms with Gasteiger partial charge >= 0.3 is 5.69 Å². The Hall–Kier alpha value is -2.34. The van der Waals surface area contributed by atoms with E-state index >= 15 is 0 Å². The van der Waals surface area contributed by atoms with Crippen molar-refractivity contribution in [1.82, 2.24) is 9.97 Å². The van der Waals surface area contributed by atoms with Crippen molar-refractivity contribution in [3.8, 4) is 11.1 Å². The number of rotatable bonds is 11. The summed E-state index contributed by atoms with van der Waals surface area (Å²) in [5.74, 6) is -1.86. The summed E-state index contributed by atoms with van der Waals surface area (Å²) in [5.41, 5.74) is 0.0410. The van der Waals surface area contributed by atoms with Crippen molar-refractivity contribution < 1.29 is 13.5 Å². The molecule has 2 rings (SSSR count). The zero-order chi connectivity index (χ0) is 20.4. The molecule has 0 radical (unpaired) electrons. The first-order valence-corrected chi connectivity index (χ1v) is 9.84. The largest absolute Gasteiger partial charge is 0.379 e. The summed E-state index contributed by atoms with van der Waals surface area (Å²) in [4.78, 5) is 16.9. The number of hydrogen-bond donors (Lipinski definition) is 1. The van der Waals surface area contributed by atoms with Crippen LogP contribution in [0.2, 0.25) is 0 Å². The van der Waals surface area contributed by atoms with Crippen molar-refractivity contribution >= 4 is 6.08 Å². The molecule has 0 aliphatic carbocycles. The van der Waals surface area contributed by atoms with E-state index in [0.29, 0.717) is 5.56 Å². The first kappa shape index (κ1) is 22.0. The lowest BCUT2D eigenvalue weighted by molar-refractivity contribution is 0.0566. The standard InChI is InChI=1S/C22H28F2N2O2/c1-3-4-8-13-28-16(2)9-6-5-7-10-17-11-12-19(21(24)20(17)23)18-14-25-22(27)26-15-18/h7,10-12,14-16H,3-6,8-9,13H2,1-2H3,(H,25,26,27)/b10-7+. The number of hydrogen-bond acceptors (Lipinski definition) is 3. The van der Waals surface area contributed by atoms with Crippen LogP contribution in [0, 0.1) is 11.6 Å². The Morgan fingerprint density at radius 2 is 2.04 bits per heavy atom. The second-order valence-corrected chi connectivity index (χ2v) is 6.86. The lowest BCUT2D eigenvalue weighted by Gasteiger charge is -2.12. The zero-order valence-electron chi connectivity index (χ0n) is 16.5. The molecule has 1 atom stereocenters. The van der Waals surface area contributed by atoms with E-state index in [-0.39, 0.29) is 17.2 Å². The van der Waals surface area contributed by atoms with Gasteiger partial charge in [-0.1, -0.05) is 44.1 Å². The van der Waals surface area contributed by atoms with E-state index in [1.165, 1.54) is 37.4 Å². The highest BCUT2D eigenvalue weighted by atomic mass is 19.2.